The molecule has 0 heterocycles. The summed E-state index contributed by atoms with van der Waals surface area (Å²) in [5.41, 5.74) is 1.29. The number of ether oxygens (including phenoxy) is 1. The summed E-state index contributed by atoms with van der Waals surface area (Å²) in [6.45, 7) is 4.46. The lowest BCUT2D eigenvalue weighted by Gasteiger charge is -2.12. The topological polar surface area (TPSA) is 41.5 Å². The van der Waals surface area contributed by atoms with Gasteiger partial charge in [-0.05, 0) is 44.5 Å². The maximum atomic E-state index is 9.39. The second-order valence-corrected chi connectivity index (χ2v) is 4.41. The van der Waals surface area contributed by atoms with E-state index in [9.17, 15) is 5.11 Å². The highest BCUT2D eigenvalue weighted by atomic mass is 16.5. The van der Waals surface area contributed by atoms with E-state index >= 15 is 0 Å². The lowest BCUT2D eigenvalue weighted by atomic mass is 10.1. The van der Waals surface area contributed by atoms with Crippen molar-refractivity contribution in [2.75, 3.05) is 13.7 Å². The van der Waals surface area contributed by atoms with E-state index in [0.717, 1.165) is 18.6 Å². The fraction of sp³-hybridized carbons (Fsp3) is 0.571. The lowest BCUT2D eigenvalue weighted by Crippen LogP contribution is -2.23. The van der Waals surface area contributed by atoms with E-state index in [1.54, 1.807) is 0 Å². The number of rotatable bonds is 7. The Kier molecular flexibility index (Phi) is 6.01. The van der Waals surface area contributed by atoms with E-state index in [4.69, 9.17) is 4.74 Å². The van der Waals surface area contributed by atoms with Gasteiger partial charge < -0.3 is 15.2 Å². The third-order valence-corrected chi connectivity index (χ3v) is 2.87. The number of aliphatic hydroxyl groups is 1. The molecule has 0 amide bonds. The third-order valence-electron chi connectivity index (χ3n) is 2.87. The van der Waals surface area contributed by atoms with Crippen LogP contribution in [0.25, 0.3) is 0 Å². The maximum Gasteiger partial charge on any atom is 0.119 e. The molecule has 3 heteroatoms. The lowest BCUT2D eigenvalue weighted by molar-refractivity contribution is 0.104. The molecule has 0 spiro atoms. The van der Waals surface area contributed by atoms with Crippen LogP contribution in [0.15, 0.2) is 24.3 Å². The summed E-state index contributed by atoms with van der Waals surface area (Å²) in [7, 11) is 1.97. The molecular weight excluding hydrogens is 214 g/mol. The Morgan fingerprint density at radius 2 is 1.94 bits per heavy atom. The minimum absolute atomic E-state index is 0.364. The quantitative estimate of drug-likeness (QED) is 0.762. The van der Waals surface area contributed by atoms with Crippen molar-refractivity contribution in [2.24, 2.45) is 0 Å². The minimum atomic E-state index is -0.376. The molecule has 3 nitrogen and oxygen atoms in total. The number of likely N-dealkylation sites (N-methyl/N-ethyl adjacent to an activating group) is 1. The van der Waals surface area contributed by atoms with E-state index in [-0.39, 0.29) is 6.10 Å². The Labute approximate surface area is 104 Å². The Morgan fingerprint density at radius 1 is 1.29 bits per heavy atom. The second kappa shape index (κ2) is 7.30. The van der Waals surface area contributed by atoms with E-state index in [2.05, 4.69) is 24.4 Å². The van der Waals surface area contributed by atoms with Crippen molar-refractivity contribution in [3.8, 4) is 5.75 Å². The van der Waals surface area contributed by atoms with Crippen molar-refractivity contribution < 1.29 is 9.84 Å². The molecule has 0 saturated heterocycles. The van der Waals surface area contributed by atoms with Crippen LogP contribution in [0.5, 0.6) is 5.75 Å². The summed E-state index contributed by atoms with van der Waals surface area (Å²) < 4.78 is 5.48. The number of nitrogens with one attached hydrogen (secondary N) is 1. The van der Waals surface area contributed by atoms with Gasteiger partial charge in [0.15, 0.2) is 0 Å². The van der Waals surface area contributed by atoms with Gasteiger partial charge in [0, 0.05) is 6.04 Å². The first-order valence-electron chi connectivity index (χ1n) is 6.22. The Hall–Kier alpha value is -1.06. The van der Waals surface area contributed by atoms with Crippen LogP contribution < -0.4 is 10.1 Å². The molecule has 1 aromatic rings. The number of benzene rings is 1. The normalized spacial score (nSPS) is 14.4. The molecule has 1 rings (SSSR count). The van der Waals surface area contributed by atoms with Crippen molar-refractivity contribution in [2.45, 2.75) is 38.8 Å². The zero-order valence-corrected chi connectivity index (χ0v) is 10.9. The van der Waals surface area contributed by atoms with Gasteiger partial charge in [-0.25, -0.2) is 0 Å². The summed E-state index contributed by atoms with van der Waals surface area (Å²) in [5.74, 6) is 0.818. The average Bonchev–Trinajstić information content (AvgIpc) is 2.37. The molecule has 0 fully saturated rings. The molecule has 96 valence electrons. The molecule has 0 aliphatic carbocycles. The van der Waals surface area contributed by atoms with Crippen LogP contribution in [-0.2, 0) is 6.42 Å². The third kappa shape index (κ3) is 5.20. The minimum Gasteiger partial charge on any atom is -0.491 e. The fourth-order valence-corrected chi connectivity index (χ4v) is 1.49. The summed E-state index contributed by atoms with van der Waals surface area (Å²) in [5, 5.41) is 12.6. The molecule has 0 aromatic heterocycles. The van der Waals surface area contributed by atoms with Crippen molar-refractivity contribution >= 4 is 0 Å². The highest BCUT2D eigenvalue weighted by molar-refractivity contribution is 5.27. The summed E-state index contributed by atoms with van der Waals surface area (Å²) in [4.78, 5) is 0. The van der Waals surface area contributed by atoms with Gasteiger partial charge in [-0.15, -0.1) is 0 Å². The smallest absolute Gasteiger partial charge is 0.119 e. The van der Waals surface area contributed by atoms with Gasteiger partial charge in [-0.2, -0.15) is 0 Å². The van der Waals surface area contributed by atoms with Gasteiger partial charge in [0.25, 0.3) is 0 Å². The van der Waals surface area contributed by atoms with Crippen LogP contribution in [0, 0.1) is 0 Å². The van der Waals surface area contributed by atoms with E-state index in [0.29, 0.717) is 12.6 Å². The summed E-state index contributed by atoms with van der Waals surface area (Å²) in [6.07, 6.45) is 1.35. The molecule has 2 N–H and O–H groups in total. The molecule has 0 bridgehead atoms. The molecule has 1 aromatic carbocycles. The zero-order chi connectivity index (χ0) is 12.7. The first-order valence-corrected chi connectivity index (χ1v) is 6.22. The molecule has 2 atom stereocenters. The van der Waals surface area contributed by atoms with E-state index in [1.807, 2.05) is 26.1 Å². The van der Waals surface area contributed by atoms with Gasteiger partial charge in [0.2, 0.25) is 0 Å². The zero-order valence-electron chi connectivity index (χ0n) is 10.9. The van der Waals surface area contributed by atoms with Crippen molar-refractivity contribution in [3.63, 3.8) is 0 Å². The van der Waals surface area contributed by atoms with Crippen molar-refractivity contribution in [1.29, 1.82) is 0 Å². The van der Waals surface area contributed by atoms with Gasteiger partial charge in [-0.1, -0.05) is 19.1 Å². The van der Waals surface area contributed by atoms with Gasteiger partial charge in [0.05, 0.1) is 6.10 Å². The largest absolute Gasteiger partial charge is 0.491 e. The summed E-state index contributed by atoms with van der Waals surface area (Å²) in [6, 6.07) is 8.53. The highest BCUT2D eigenvalue weighted by Gasteiger charge is 2.03. The van der Waals surface area contributed by atoms with E-state index in [1.165, 1.54) is 5.56 Å². The molecule has 0 aliphatic heterocycles. The predicted molar refractivity (Wildman–Crippen MR) is 70.5 cm³/mol. The number of hydrogen-bond acceptors (Lipinski definition) is 3. The molecule has 0 aliphatic rings. The van der Waals surface area contributed by atoms with Crippen LogP contribution >= 0.6 is 0 Å². The van der Waals surface area contributed by atoms with Gasteiger partial charge in [-0.3, -0.25) is 0 Å². The summed E-state index contributed by atoms with van der Waals surface area (Å²) >= 11 is 0. The monoisotopic (exact) mass is 237 g/mol. The van der Waals surface area contributed by atoms with Crippen LogP contribution in [0.1, 0.15) is 25.8 Å². The number of aliphatic hydroxyl groups excluding tert-OH is 1. The van der Waals surface area contributed by atoms with Gasteiger partial charge >= 0.3 is 0 Å². The SMILES string of the molecule is CCC(O)COc1ccc(CC(C)NC)cc1. The van der Waals surface area contributed by atoms with E-state index < -0.39 is 0 Å². The Morgan fingerprint density at radius 3 is 2.47 bits per heavy atom. The fourth-order valence-electron chi connectivity index (χ4n) is 1.49. The standard InChI is InChI=1S/C14H23NO2/c1-4-13(16)10-17-14-7-5-12(6-8-14)9-11(2)15-3/h5-8,11,13,15-16H,4,9-10H2,1-3H3. The van der Waals surface area contributed by atoms with Gasteiger partial charge in [0.1, 0.15) is 12.4 Å². The molecule has 17 heavy (non-hydrogen) atoms. The molecular formula is C14H23NO2. The molecule has 2 unspecified atom stereocenters. The van der Waals surface area contributed by atoms with Crippen LogP contribution in [0.3, 0.4) is 0 Å². The van der Waals surface area contributed by atoms with Crippen LogP contribution in [0.4, 0.5) is 0 Å². The number of hydrogen-bond donors (Lipinski definition) is 2. The first-order chi connectivity index (χ1) is 8.15. The predicted octanol–water partition coefficient (Wildman–Crippen LogP) is 1.99. The molecule has 0 radical (unpaired) electrons. The highest BCUT2D eigenvalue weighted by Crippen LogP contribution is 2.14. The van der Waals surface area contributed by atoms with Crippen molar-refractivity contribution in [3.05, 3.63) is 29.8 Å². The Bertz CT molecular complexity index is 311. The first kappa shape index (κ1) is 14.0. The van der Waals surface area contributed by atoms with Crippen LogP contribution in [0.2, 0.25) is 0 Å². The average molecular weight is 237 g/mol. The van der Waals surface area contributed by atoms with Crippen LogP contribution in [-0.4, -0.2) is 30.9 Å². The second-order valence-electron chi connectivity index (χ2n) is 4.41. The maximum absolute atomic E-state index is 9.39. The Balaban J connectivity index is 2.44. The van der Waals surface area contributed by atoms with Crippen molar-refractivity contribution in [1.82, 2.24) is 5.32 Å². The molecule has 0 saturated carbocycles.